The number of sulfonamides is 1. The first-order valence-electron chi connectivity index (χ1n) is 12.3. The number of hydrogen-bond acceptors (Lipinski definition) is 6. The molecule has 39 heavy (non-hydrogen) atoms. The number of H-pyrrole nitrogens is 1. The highest BCUT2D eigenvalue weighted by Gasteiger charge is 2.42. The van der Waals surface area contributed by atoms with Gasteiger partial charge in [-0.05, 0) is 53.8 Å². The number of aromatic nitrogens is 2. The van der Waals surface area contributed by atoms with Gasteiger partial charge in [-0.1, -0.05) is 42.5 Å². The number of hydroxylamine groups is 2. The van der Waals surface area contributed by atoms with Gasteiger partial charge in [0.05, 0.1) is 18.0 Å². The van der Waals surface area contributed by atoms with Gasteiger partial charge in [-0.25, -0.2) is 18.2 Å². The summed E-state index contributed by atoms with van der Waals surface area (Å²) in [6.07, 6.45) is -1.86. The maximum Gasteiger partial charge on any atom is 0.492 e. The molecule has 1 N–H and O–H groups in total. The Balaban J connectivity index is 1.41. The summed E-state index contributed by atoms with van der Waals surface area (Å²) < 4.78 is 66.0. The minimum atomic E-state index is -5.14. The molecule has 0 bridgehead atoms. The van der Waals surface area contributed by atoms with Crippen LogP contribution in [0, 0.1) is 0 Å². The Kier molecular flexibility index (Phi) is 7.43. The van der Waals surface area contributed by atoms with Crippen LogP contribution in [0.2, 0.25) is 0 Å². The molecule has 12 heteroatoms. The van der Waals surface area contributed by atoms with Crippen molar-refractivity contribution in [1.82, 2.24) is 19.3 Å². The van der Waals surface area contributed by atoms with E-state index in [4.69, 9.17) is 0 Å². The molecular formula is C27H25F3N4O4S. The lowest BCUT2D eigenvalue weighted by Crippen LogP contribution is -2.34. The number of alkyl halides is 3. The molecule has 0 saturated carbocycles. The molecule has 4 aromatic rings. The van der Waals surface area contributed by atoms with Gasteiger partial charge in [0.15, 0.2) is 0 Å². The molecule has 0 atom stereocenters. The van der Waals surface area contributed by atoms with Gasteiger partial charge in [-0.15, -0.1) is 5.06 Å². The van der Waals surface area contributed by atoms with Crippen molar-refractivity contribution >= 4 is 27.0 Å². The molecule has 204 valence electrons. The summed E-state index contributed by atoms with van der Waals surface area (Å²) in [5, 5.41) is 1.62. The van der Waals surface area contributed by atoms with Gasteiger partial charge in [-0.2, -0.15) is 17.5 Å². The number of carbonyl (C=O) groups is 1. The van der Waals surface area contributed by atoms with Gasteiger partial charge >= 0.3 is 12.1 Å². The first kappa shape index (κ1) is 26.9. The average molecular weight is 559 g/mol. The van der Waals surface area contributed by atoms with Crippen LogP contribution in [0.25, 0.3) is 22.2 Å². The molecule has 1 saturated heterocycles. The van der Waals surface area contributed by atoms with Crippen molar-refractivity contribution in [3.8, 4) is 11.1 Å². The SMILES string of the molecule is O=C(ON(Cc1ccccc1)Cc1cc2c(-c3ccc(S(=O)(=O)N4CCCC4)cc3)ccnc2[nH]1)C(F)(F)F. The molecule has 2 aromatic carbocycles. The van der Waals surface area contributed by atoms with Crippen molar-refractivity contribution < 1.29 is 31.2 Å². The summed E-state index contributed by atoms with van der Waals surface area (Å²) >= 11 is 0. The minimum Gasteiger partial charge on any atom is -0.360 e. The van der Waals surface area contributed by atoms with Crippen LogP contribution in [0.5, 0.6) is 0 Å². The Morgan fingerprint density at radius 2 is 1.69 bits per heavy atom. The molecule has 8 nitrogen and oxygen atoms in total. The highest BCUT2D eigenvalue weighted by Crippen LogP contribution is 2.30. The quantitative estimate of drug-likeness (QED) is 0.305. The first-order valence-corrected chi connectivity index (χ1v) is 13.7. The first-order chi connectivity index (χ1) is 18.6. The molecule has 0 aliphatic carbocycles. The number of rotatable bonds is 8. The van der Waals surface area contributed by atoms with E-state index in [-0.39, 0.29) is 18.0 Å². The number of carbonyl (C=O) groups excluding carboxylic acids is 1. The largest absolute Gasteiger partial charge is 0.492 e. The Labute approximate surface area is 223 Å². The van der Waals surface area contributed by atoms with E-state index in [1.807, 2.05) is 0 Å². The number of fused-ring (bicyclic) bond motifs is 1. The van der Waals surface area contributed by atoms with E-state index in [1.165, 1.54) is 4.31 Å². The molecule has 1 fully saturated rings. The molecule has 0 radical (unpaired) electrons. The molecule has 0 amide bonds. The Morgan fingerprint density at radius 1 is 1.00 bits per heavy atom. The Morgan fingerprint density at radius 3 is 2.36 bits per heavy atom. The number of nitrogens with one attached hydrogen (secondary N) is 1. The van der Waals surface area contributed by atoms with Gasteiger partial charge in [0.25, 0.3) is 0 Å². The second kappa shape index (κ2) is 10.8. The molecule has 1 aliphatic rings. The lowest BCUT2D eigenvalue weighted by atomic mass is 10.0. The van der Waals surface area contributed by atoms with Crippen LogP contribution >= 0.6 is 0 Å². The van der Waals surface area contributed by atoms with E-state index in [2.05, 4.69) is 14.8 Å². The van der Waals surface area contributed by atoms with Crippen molar-refractivity contribution in [2.75, 3.05) is 13.1 Å². The van der Waals surface area contributed by atoms with Crippen LogP contribution in [-0.2, 0) is 32.7 Å². The molecule has 0 spiro atoms. The normalized spacial score (nSPS) is 14.8. The fourth-order valence-electron chi connectivity index (χ4n) is 4.57. The second-order valence-corrected chi connectivity index (χ2v) is 11.1. The maximum absolute atomic E-state index is 12.9. The maximum atomic E-state index is 12.9. The predicted octanol–water partition coefficient (Wildman–Crippen LogP) is 5.04. The van der Waals surface area contributed by atoms with Crippen molar-refractivity contribution in [1.29, 1.82) is 0 Å². The highest BCUT2D eigenvalue weighted by molar-refractivity contribution is 7.89. The lowest BCUT2D eigenvalue weighted by Gasteiger charge is -2.21. The van der Waals surface area contributed by atoms with Crippen molar-refractivity contribution in [2.24, 2.45) is 0 Å². The summed E-state index contributed by atoms with van der Waals surface area (Å²) in [5.41, 5.74) is 3.13. The molecule has 3 heterocycles. The van der Waals surface area contributed by atoms with Crippen LogP contribution in [0.15, 0.2) is 77.8 Å². The van der Waals surface area contributed by atoms with E-state index in [0.29, 0.717) is 35.4 Å². The Bertz CT molecular complexity index is 1570. The summed E-state index contributed by atoms with van der Waals surface area (Å²) in [6, 6.07) is 18.8. The number of nitrogens with zero attached hydrogens (tertiary/aromatic N) is 3. The summed E-state index contributed by atoms with van der Waals surface area (Å²) in [6.45, 7) is 0.812. The summed E-state index contributed by atoms with van der Waals surface area (Å²) in [7, 11) is -3.55. The minimum absolute atomic E-state index is 0.0642. The fourth-order valence-corrected chi connectivity index (χ4v) is 6.09. The predicted molar refractivity (Wildman–Crippen MR) is 137 cm³/mol. The van der Waals surface area contributed by atoms with Crippen LogP contribution in [-0.4, -0.2) is 53.0 Å². The van der Waals surface area contributed by atoms with E-state index < -0.39 is 22.2 Å². The third-order valence-corrected chi connectivity index (χ3v) is 8.36. The third-order valence-electron chi connectivity index (χ3n) is 6.45. The van der Waals surface area contributed by atoms with Crippen LogP contribution in [0.4, 0.5) is 13.2 Å². The zero-order chi connectivity index (χ0) is 27.6. The van der Waals surface area contributed by atoms with E-state index in [1.54, 1.807) is 72.9 Å². The third kappa shape index (κ3) is 5.97. The second-order valence-electron chi connectivity index (χ2n) is 9.21. The average Bonchev–Trinajstić information content (AvgIpc) is 3.59. The zero-order valence-electron chi connectivity index (χ0n) is 20.7. The van der Waals surface area contributed by atoms with Crippen LogP contribution in [0.3, 0.4) is 0 Å². The topological polar surface area (TPSA) is 95.6 Å². The van der Waals surface area contributed by atoms with E-state index in [0.717, 1.165) is 29.0 Å². The number of benzene rings is 2. The van der Waals surface area contributed by atoms with Gasteiger partial charge in [-0.3, -0.25) is 0 Å². The number of halogens is 3. The van der Waals surface area contributed by atoms with Crippen LogP contribution in [0.1, 0.15) is 24.1 Å². The van der Waals surface area contributed by atoms with Crippen LogP contribution < -0.4 is 0 Å². The number of pyridine rings is 1. The zero-order valence-corrected chi connectivity index (χ0v) is 21.5. The number of aromatic amines is 1. The smallest absolute Gasteiger partial charge is 0.360 e. The summed E-state index contributed by atoms with van der Waals surface area (Å²) in [5.74, 6) is -2.31. The lowest BCUT2D eigenvalue weighted by molar-refractivity contribution is -0.243. The number of hydrogen-bond donors (Lipinski definition) is 1. The fraction of sp³-hybridized carbons (Fsp3) is 0.259. The molecule has 0 unspecified atom stereocenters. The monoisotopic (exact) mass is 558 g/mol. The van der Waals surface area contributed by atoms with Gasteiger partial charge in [0, 0.05) is 30.4 Å². The molecule has 2 aromatic heterocycles. The molecular weight excluding hydrogens is 533 g/mol. The van der Waals surface area contributed by atoms with Gasteiger partial charge in [0.2, 0.25) is 10.0 Å². The van der Waals surface area contributed by atoms with Crippen molar-refractivity contribution in [3.05, 3.63) is 84.2 Å². The van der Waals surface area contributed by atoms with Crippen molar-refractivity contribution in [2.45, 2.75) is 37.0 Å². The van der Waals surface area contributed by atoms with Crippen molar-refractivity contribution in [3.63, 3.8) is 0 Å². The summed E-state index contributed by atoms with van der Waals surface area (Å²) in [4.78, 5) is 23.9. The standard InChI is InChI=1S/C27H25F3N4O4S/c28-27(29,30)26(35)38-33(17-19-6-2-1-3-7-19)18-21-16-24-23(12-13-31-25(24)32-21)20-8-10-22(11-9-20)39(36,37)34-14-4-5-15-34/h1-3,6-13,16H,4-5,14-15,17-18H2,(H,31,32). The van der Waals surface area contributed by atoms with Gasteiger partial charge < -0.3 is 9.82 Å². The van der Waals surface area contributed by atoms with E-state index >= 15 is 0 Å². The van der Waals surface area contributed by atoms with Gasteiger partial charge in [0.1, 0.15) is 5.65 Å². The van der Waals surface area contributed by atoms with E-state index in [9.17, 15) is 26.4 Å². The highest BCUT2D eigenvalue weighted by atomic mass is 32.2. The molecule has 5 rings (SSSR count). The molecule has 1 aliphatic heterocycles. The Hall–Kier alpha value is -3.74.